The molecule has 0 aliphatic carbocycles. The van der Waals surface area contributed by atoms with Crippen molar-refractivity contribution in [2.45, 2.75) is 25.7 Å². The third-order valence-electron chi connectivity index (χ3n) is 1.89. The maximum Gasteiger partial charge on any atom is 0.303 e. The molecule has 0 aromatic carbocycles. The molecule has 0 radical (unpaired) electrons. The highest BCUT2D eigenvalue weighted by Gasteiger charge is 2.15. The van der Waals surface area contributed by atoms with Crippen LogP contribution in [0.5, 0.6) is 0 Å². The highest BCUT2D eigenvalue weighted by Crippen LogP contribution is 2.09. The van der Waals surface area contributed by atoms with E-state index in [1.807, 2.05) is 0 Å². The number of aliphatic imine (C=N–C) groups is 1. The molecular weight excluding hydrogens is 216 g/mol. The van der Waals surface area contributed by atoms with E-state index in [4.69, 9.17) is 5.11 Å². The van der Waals surface area contributed by atoms with Crippen LogP contribution in [0.4, 0.5) is 0 Å². The van der Waals surface area contributed by atoms with E-state index in [-0.39, 0.29) is 12.3 Å². The number of nitrogens with one attached hydrogen (secondary N) is 1. The second kappa shape index (κ2) is 6.44. The predicted molar refractivity (Wildman–Crippen MR) is 59.0 cm³/mol. The Bertz CT molecular complexity index is 279. The first-order valence-corrected chi connectivity index (χ1v) is 5.86. The molecule has 1 aliphatic rings. The van der Waals surface area contributed by atoms with Crippen molar-refractivity contribution in [2.24, 2.45) is 4.99 Å². The number of thioether (sulfide) groups is 1. The Labute approximate surface area is 92.3 Å². The lowest BCUT2D eigenvalue weighted by Gasteiger charge is -1.97. The molecule has 15 heavy (non-hydrogen) atoms. The molecule has 2 N–H and O–H groups in total. The summed E-state index contributed by atoms with van der Waals surface area (Å²) >= 11 is 1.41. The molecule has 1 fully saturated rings. The van der Waals surface area contributed by atoms with E-state index in [2.05, 4.69) is 10.3 Å². The van der Waals surface area contributed by atoms with Gasteiger partial charge in [-0.2, -0.15) is 0 Å². The van der Waals surface area contributed by atoms with Crippen LogP contribution in [0.1, 0.15) is 25.7 Å². The number of hydrogen-bond acceptors (Lipinski definition) is 4. The molecule has 1 rings (SSSR count). The first kappa shape index (κ1) is 12.0. The molecule has 1 saturated heterocycles. The minimum absolute atomic E-state index is 0.00428. The number of amides is 1. The van der Waals surface area contributed by atoms with Gasteiger partial charge in [0.1, 0.15) is 0 Å². The topological polar surface area (TPSA) is 78.8 Å². The van der Waals surface area contributed by atoms with Crippen LogP contribution in [0, 0.1) is 0 Å². The lowest BCUT2D eigenvalue weighted by molar-refractivity contribution is -0.137. The van der Waals surface area contributed by atoms with E-state index in [0.717, 1.165) is 12.8 Å². The van der Waals surface area contributed by atoms with Gasteiger partial charge in [-0.15, -0.1) is 0 Å². The predicted octanol–water partition coefficient (Wildman–Crippen LogP) is 0.850. The van der Waals surface area contributed by atoms with Gasteiger partial charge in [-0.25, -0.2) is 0 Å². The van der Waals surface area contributed by atoms with Gasteiger partial charge in [0.15, 0.2) is 5.17 Å². The molecule has 1 amide bonds. The number of nitrogens with zero attached hydrogens (tertiary/aromatic N) is 1. The summed E-state index contributed by atoms with van der Waals surface area (Å²) in [4.78, 5) is 25.2. The van der Waals surface area contributed by atoms with Crippen LogP contribution in [0.25, 0.3) is 0 Å². The number of carboxylic acids is 1. The fourth-order valence-electron chi connectivity index (χ4n) is 1.16. The average molecular weight is 230 g/mol. The summed E-state index contributed by atoms with van der Waals surface area (Å²) in [5, 5.41) is 11.7. The number of carbonyl (C=O) groups excluding carboxylic acids is 1. The fourth-order valence-corrected chi connectivity index (χ4v) is 1.86. The maximum atomic E-state index is 10.8. The normalized spacial score (nSPS) is 18.1. The molecule has 0 spiro atoms. The Morgan fingerprint density at radius 3 is 2.87 bits per heavy atom. The molecule has 1 heterocycles. The zero-order chi connectivity index (χ0) is 11.1. The van der Waals surface area contributed by atoms with Gasteiger partial charge in [-0.05, 0) is 12.8 Å². The van der Waals surface area contributed by atoms with E-state index in [1.54, 1.807) is 0 Å². The van der Waals surface area contributed by atoms with Crippen LogP contribution in [0.3, 0.4) is 0 Å². The molecule has 5 nitrogen and oxygen atoms in total. The summed E-state index contributed by atoms with van der Waals surface area (Å²) in [6.07, 6.45) is 2.65. The number of rotatable bonds is 6. The number of aliphatic carboxylic acids is 1. The second-order valence-corrected chi connectivity index (χ2v) is 4.19. The van der Waals surface area contributed by atoms with Crippen molar-refractivity contribution >= 4 is 28.8 Å². The van der Waals surface area contributed by atoms with Gasteiger partial charge >= 0.3 is 5.97 Å². The smallest absolute Gasteiger partial charge is 0.303 e. The third-order valence-corrected chi connectivity index (χ3v) is 2.80. The van der Waals surface area contributed by atoms with Crippen molar-refractivity contribution in [1.82, 2.24) is 5.32 Å². The average Bonchev–Trinajstić information content (AvgIpc) is 2.57. The number of unbranched alkanes of at least 4 members (excludes halogenated alkanes) is 2. The van der Waals surface area contributed by atoms with Gasteiger partial charge < -0.3 is 10.4 Å². The Morgan fingerprint density at radius 1 is 1.47 bits per heavy atom. The fraction of sp³-hybridized carbons (Fsp3) is 0.667. The Morgan fingerprint density at radius 2 is 2.27 bits per heavy atom. The Balaban J connectivity index is 2.01. The van der Waals surface area contributed by atoms with Crippen molar-refractivity contribution in [3.8, 4) is 0 Å². The number of carboxylic acid groups (broad SMARTS) is 1. The molecule has 0 saturated carbocycles. The lowest BCUT2D eigenvalue weighted by atomic mass is 10.2. The number of hydrogen-bond donors (Lipinski definition) is 2. The molecule has 0 aromatic rings. The van der Waals surface area contributed by atoms with E-state index in [1.165, 1.54) is 11.8 Å². The van der Waals surface area contributed by atoms with Crippen LogP contribution in [0.15, 0.2) is 4.99 Å². The summed E-state index contributed by atoms with van der Waals surface area (Å²) in [5.74, 6) is -0.290. The zero-order valence-electron chi connectivity index (χ0n) is 8.36. The maximum absolute atomic E-state index is 10.8. The molecule has 84 valence electrons. The number of carbonyl (C=O) groups is 2. The van der Waals surface area contributed by atoms with Gasteiger partial charge in [0.25, 0.3) is 0 Å². The zero-order valence-corrected chi connectivity index (χ0v) is 9.18. The van der Waals surface area contributed by atoms with E-state index >= 15 is 0 Å². The van der Waals surface area contributed by atoms with Gasteiger partial charge in [-0.1, -0.05) is 18.2 Å². The van der Waals surface area contributed by atoms with Gasteiger partial charge in [0, 0.05) is 13.0 Å². The van der Waals surface area contributed by atoms with Gasteiger partial charge in [-0.3, -0.25) is 14.6 Å². The second-order valence-electron chi connectivity index (χ2n) is 3.23. The minimum atomic E-state index is -0.750. The van der Waals surface area contributed by atoms with Crippen molar-refractivity contribution in [2.75, 3.05) is 12.3 Å². The van der Waals surface area contributed by atoms with Crippen molar-refractivity contribution in [1.29, 1.82) is 0 Å². The van der Waals surface area contributed by atoms with Crippen LogP contribution in [-0.2, 0) is 9.59 Å². The number of amidine groups is 1. The van der Waals surface area contributed by atoms with E-state index < -0.39 is 5.97 Å². The molecule has 6 heteroatoms. The molecule has 0 aromatic heterocycles. The van der Waals surface area contributed by atoms with Crippen LogP contribution >= 0.6 is 11.8 Å². The highest BCUT2D eigenvalue weighted by molar-refractivity contribution is 8.15. The third kappa shape index (κ3) is 5.41. The summed E-state index contributed by atoms with van der Waals surface area (Å²) in [6, 6.07) is 0. The van der Waals surface area contributed by atoms with Gasteiger partial charge in [0.05, 0.1) is 5.75 Å². The van der Waals surface area contributed by atoms with Crippen molar-refractivity contribution in [3.63, 3.8) is 0 Å². The lowest BCUT2D eigenvalue weighted by Crippen LogP contribution is -2.20. The van der Waals surface area contributed by atoms with Crippen molar-refractivity contribution < 1.29 is 14.7 Å². The summed E-state index contributed by atoms with van der Waals surface area (Å²) in [5.41, 5.74) is 0. The van der Waals surface area contributed by atoms with Crippen LogP contribution in [0.2, 0.25) is 0 Å². The monoisotopic (exact) mass is 230 g/mol. The van der Waals surface area contributed by atoms with Crippen molar-refractivity contribution in [3.05, 3.63) is 0 Å². The first-order valence-electron chi connectivity index (χ1n) is 4.87. The van der Waals surface area contributed by atoms with Crippen LogP contribution in [-0.4, -0.2) is 34.4 Å². The first-order chi connectivity index (χ1) is 7.18. The molecule has 0 unspecified atom stereocenters. The molecule has 0 bridgehead atoms. The van der Waals surface area contributed by atoms with Crippen LogP contribution < -0.4 is 5.32 Å². The largest absolute Gasteiger partial charge is 0.481 e. The summed E-state index contributed by atoms with van der Waals surface area (Å²) in [6.45, 7) is 0.655. The Kier molecular flexibility index (Phi) is 5.17. The standard InChI is InChI=1S/C9H14N2O3S/c12-7-6-15-9(11-7)10-5-3-1-2-4-8(13)14/h1-6H2,(H,13,14)(H,10,11,12). The van der Waals surface area contributed by atoms with E-state index in [0.29, 0.717) is 23.9 Å². The van der Waals surface area contributed by atoms with Gasteiger partial charge in [0.2, 0.25) is 5.91 Å². The highest BCUT2D eigenvalue weighted by atomic mass is 32.2. The quantitative estimate of drug-likeness (QED) is 0.663. The summed E-state index contributed by atoms with van der Waals surface area (Å²) < 4.78 is 0. The Hall–Kier alpha value is -1.04. The SMILES string of the molecule is O=C(O)CCCCCN=C1NC(=O)CS1. The minimum Gasteiger partial charge on any atom is -0.481 e. The molecular formula is C9H14N2O3S. The molecule has 0 atom stereocenters. The molecule has 1 aliphatic heterocycles. The summed E-state index contributed by atoms with van der Waals surface area (Å²) in [7, 11) is 0. The van der Waals surface area contributed by atoms with E-state index in [9.17, 15) is 9.59 Å².